The lowest BCUT2D eigenvalue weighted by Gasteiger charge is -2.29. The molecule has 0 aromatic carbocycles. The standard InChI is InChI=1S/C14H18N4OS/c1-10(16-12-7-15-17(2)9-12)14(19)18-5-3-13-11(8-18)4-6-20-13/h4,6-7,9-10,16H,3,5,8H2,1-2H3. The minimum atomic E-state index is -0.237. The number of thiophene rings is 1. The Morgan fingerprint density at radius 3 is 3.15 bits per heavy atom. The predicted molar refractivity (Wildman–Crippen MR) is 79.7 cm³/mol. The van der Waals surface area contributed by atoms with Crippen LogP contribution in [0.2, 0.25) is 0 Å². The second kappa shape index (κ2) is 5.28. The first kappa shape index (κ1) is 13.2. The van der Waals surface area contributed by atoms with Gasteiger partial charge in [0.2, 0.25) is 5.91 Å². The summed E-state index contributed by atoms with van der Waals surface area (Å²) in [4.78, 5) is 15.8. The number of carbonyl (C=O) groups is 1. The molecule has 1 unspecified atom stereocenters. The lowest BCUT2D eigenvalue weighted by molar-refractivity contribution is -0.132. The highest BCUT2D eigenvalue weighted by Crippen LogP contribution is 2.24. The first-order valence-corrected chi connectivity index (χ1v) is 7.60. The quantitative estimate of drug-likeness (QED) is 0.939. The molecule has 106 valence electrons. The highest BCUT2D eigenvalue weighted by molar-refractivity contribution is 7.10. The number of amides is 1. The number of aryl methyl sites for hydroxylation is 1. The minimum absolute atomic E-state index is 0.144. The molecule has 0 saturated heterocycles. The number of rotatable bonds is 3. The zero-order valence-electron chi connectivity index (χ0n) is 11.7. The summed E-state index contributed by atoms with van der Waals surface area (Å²) in [6, 6.07) is 1.89. The van der Waals surface area contributed by atoms with Crippen molar-refractivity contribution in [2.75, 3.05) is 11.9 Å². The molecule has 20 heavy (non-hydrogen) atoms. The molecule has 0 radical (unpaired) electrons. The third-order valence-electron chi connectivity index (χ3n) is 3.58. The van der Waals surface area contributed by atoms with Crippen LogP contribution in [0.1, 0.15) is 17.4 Å². The molecule has 1 N–H and O–H groups in total. The topological polar surface area (TPSA) is 50.2 Å². The molecule has 3 heterocycles. The molecular weight excluding hydrogens is 272 g/mol. The first-order chi connectivity index (χ1) is 9.63. The van der Waals surface area contributed by atoms with E-state index in [0.29, 0.717) is 0 Å². The summed E-state index contributed by atoms with van der Waals surface area (Å²) in [5.74, 6) is 0.144. The Hall–Kier alpha value is -1.82. The van der Waals surface area contributed by atoms with Crippen molar-refractivity contribution in [2.45, 2.75) is 25.9 Å². The summed E-state index contributed by atoms with van der Waals surface area (Å²) in [5, 5.41) is 9.41. The van der Waals surface area contributed by atoms with Crippen molar-refractivity contribution >= 4 is 22.9 Å². The Labute approximate surface area is 122 Å². The number of hydrogen-bond acceptors (Lipinski definition) is 4. The van der Waals surface area contributed by atoms with Gasteiger partial charge in [-0.2, -0.15) is 5.10 Å². The van der Waals surface area contributed by atoms with Crippen LogP contribution in [0, 0.1) is 0 Å². The molecule has 2 aromatic heterocycles. The Balaban J connectivity index is 1.64. The third-order valence-corrected chi connectivity index (χ3v) is 4.60. The van der Waals surface area contributed by atoms with Gasteiger partial charge in [-0.1, -0.05) is 0 Å². The first-order valence-electron chi connectivity index (χ1n) is 6.72. The predicted octanol–water partition coefficient (Wildman–Crippen LogP) is 1.87. The van der Waals surface area contributed by atoms with E-state index in [2.05, 4.69) is 21.9 Å². The number of anilines is 1. The average molecular weight is 290 g/mol. The van der Waals surface area contributed by atoms with E-state index in [4.69, 9.17) is 0 Å². The van der Waals surface area contributed by atoms with Crippen molar-refractivity contribution in [3.8, 4) is 0 Å². The maximum absolute atomic E-state index is 12.5. The van der Waals surface area contributed by atoms with Gasteiger partial charge < -0.3 is 10.2 Å². The Bertz CT molecular complexity index is 618. The third kappa shape index (κ3) is 2.56. The summed E-state index contributed by atoms with van der Waals surface area (Å²) in [6.07, 6.45) is 4.58. The summed E-state index contributed by atoms with van der Waals surface area (Å²) in [7, 11) is 1.86. The largest absolute Gasteiger partial charge is 0.371 e. The van der Waals surface area contributed by atoms with Crippen molar-refractivity contribution in [3.05, 3.63) is 34.3 Å². The summed E-state index contributed by atoms with van der Waals surface area (Å²) >= 11 is 1.79. The molecule has 1 atom stereocenters. The highest BCUT2D eigenvalue weighted by Gasteiger charge is 2.25. The molecular formula is C14H18N4OS. The van der Waals surface area contributed by atoms with Gasteiger partial charge in [0.1, 0.15) is 6.04 Å². The maximum Gasteiger partial charge on any atom is 0.245 e. The molecule has 6 heteroatoms. The molecule has 0 saturated carbocycles. The van der Waals surface area contributed by atoms with Crippen molar-refractivity contribution in [1.82, 2.24) is 14.7 Å². The van der Waals surface area contributed by atoms with Gasteiger partial charge in [-0.15, -0.1) is 11.3 Å². The van der Waals surface area contributed by atoms with E-state index in [-0.39, 0.29) is 11.9 Å². The molecule has 0 aliphatic carbocycles. The van der Waals surface area contributed by atoms with Crippen LogP contribution in [0.15, 0.2) is 23.8 Å². The second-order valence-corrected chi connectivity index (χ2v) is 6.15. The van der Waals surface area contributed by atoms with Crippen LogP contribution in [0.3, 0.4) is 0 Å². The van der Waals surface area contributed by atoms with Crippen LogP contribution in [-0.4, -0.2) is 33.2 Å². The van der Waals surface area contributed by atoms with Gasteiger partial charge in [0, 0.05) is 31.2 Å². The zero-order valence-corrected chi connectivity index (χ0v) is 12.5. The van der Waals surface area contributed by atoms with Gasteiger partial charge >= 0.3 is 0 Å². The molecule has 5 nitrogen and oxygen atoms in total. The maximum atomic E-state index is 12.5. The summed E-state index contributed by atoms with van der Waals surface area (Å²) in [6.45, 7) is 3.45. The summed E-state index contributed by atoms with van der Waals surface area (Å²) < 4.78 is 1.72. The van der Waals surface area contributed by atoms with E-state index in [0.717, 1.165) is 25.2 Å². The lowest BCUT2D eigenvalue weighted by Crippen LogP contribution is -2.43. The van der Waals surface area contributed by atoms with Gasteiger partial charge in [-0.3, -0.25) is 9.48 Å². The van der Waals surface area contributed by atoms with Crippen LogP contribution in [0.25, 0.3) is 0 Å². The van der Waals surface area contributed by atoms with E-state index in [1.807, 2.05) is 25.1 Å². The molecule has 1 amide bonds. The Kier molecular flexibility index (Phi) is 3.48. The molecule has 1 aliphatic rings. The van der Waals surface area contributed by atoms with E-state index in [1.54, 1.807) is 22.2 Å². The number of aromatic nitrogens is 2. The molecule has 3 rings (SSSR count). The van der Waals surface area contributed by atoms with Crippen molar-refractivity contribution in [3.63, 3.8) is 0 Å². The molecule has 1 aliphatic heterocycles. The number of fused-ring (bicyclic) bond motifs is 1. The number of hydrogen-bond donors (Lipinski definition) is 1. The molecule has 0 spiro atoms. The average Bonchev–Trinajstić information content (AvgIpc) is 3.05. The van der Waals surface area contributed by atoms with Gasteiger partial charge in [0.05, 0.1) is 11.9 Å². The zero-order chi connectivity index (χ0) is 14.1. The van der Waals surface area contributed by atoms with Crippen LogP contribution in [0.4, 0.5) is 5.69 Å². The van der Waals surface area contributed by atoms with E-state index < -0.39 is 0 Å². The second-order valence-electron chi connectivity index (χ2n) is 5.15. The molecule has 0 bridgehead atoms. The molecule has 2 aromatic rings. The normalized spacial score (nSPS) is 15.8. The number of nitrogens with zero attached hydrogens (tertiary/aromatic N) is 3. The van der Waals surface area contributed by atoms with Gasteiger partial charge in [0.15, 0.2) is 0 Å². The van der Waals surface area contributed by atoms with Crippen LogP contribution < -0.4 is 5.32 Å². The SMILES string of the molecule is CC(Nc1cnn(C)c1)C(=O)N1CCc2sccc2C1. The Morgan fingerprint density at radius 1 is 1.55 bits per heavy atom. The van der Waals surface area contributed by atoms with E-state index in [9.17, 15) is 4.79 Å². The van der Waals surface area contributed by atoms with E-state index >= 15 is 0 Å². The van der Waals surface area contributed by atoms with Gasteiger partial charge in [0.25, 0.3) is 0 Å². The van der Waals surface area contributed by atoms with Crippen LogP contribution in [-0.2, 0) is 24.8 Å². The monoisotopic (exact) mass is 290 g/mol. The smallest absolute Gasteiger partial charge is 0.245 e. The fourth-order valence-electron chi connectivity index (χ4n) is 2.52. The highest BCUT2D eigenvalue weighted by atomic mass is 32.1. The van der Waals surface area contributed by atoms with Crippen molar-refractivity contribution in [1.29, 1.82) is 0 Å². The van der Waals surface area contributed by atoms with E-state index in [1.165, 1.54) is 10.4 Å². The van der Waals surface area contributed by atoms with Gasteiger partial charge in [-0.25, -0.2) is 0 Å². The molecule has 0 fully saturated rings. The minimum Gasteiger partial charge on any atom is -0.371 e. The fraction of sp³-hybridized carbons (Fsp3) is 0.429. The van der Waals surface area contributed by atoms with Gasteiger partial charge in [-0.05, 0) is 30.4 Å². The number of carbonyl (C=O) groups excluding carboxylic acids is 1. The van der Waals surface area contributed by atoms with Crippen molar-refractivity contribution in [2.24, 2.45) is 7.05 Å². The Morgan fingerprint density at radius 2 is 2.40 bits per heavy atom. The van der Waals surface area contributed by atoms with Crippen molar-refractivity contribution < 1.29 is 4.79 Å². The van der Waals surface area contributed by atoms with Crippen LogP contribution in [0.5, 0.6) is 0 Å². The lowest BCUT2D eigenvalue weighted by atomic mass is 10.1. The van der Waals surface area contributed by atoms with Crippen LogP contribution >= 0.6 is 11.3 Å². The number of nitrogens with one attached hydrogen (secondary N) is 1. The summed E-state index contributed by atoms with van der Waals surface area (Å²) in [5.41, 5.74) is 2.17. The fourth-order valence-corrected chi connectivity index (χ4v) is 3.41.